The lowest BCUT2D eigenvalue weighted by Gasteiger charge is -2.34. The monoisotopic (exact) mass is 276 g/mol. The zero-order chi connectivity index (χ0) is 15.1. The van der Waals surface area contributed by atoms with Crippen LogP contribution in [0.4, 0.5) is 5.82 Å². The fourth-order valence-electron chi connectivity index (χ4n) is 2.26. The molecule has 1 aliphatic carbocycles. The smallest absolute Gasteiger partial charge is 0.126 e. The van der Waals surface area contributed by atoms with E-state index in [1.54, 1.807) is 0 Å². The van der Waals surface area contributed by atoms with Crippen LogP contribution in [0.2, 0.25) is 0 Å². The van der Waals surface area contributed by atoms with Gasteiger partial charge >= 0.3 is 0 Å². The van der Waals surface area contributed by atoms with E-state index in [0.29, 0.717) is 0 Å². The van der Waals surface area contributed by atoms with Gasteiger partial charge in [0.15, 0.2) is 0 Å². The zero-order valence-electron chi connectivity index (χ0n) is 13.6. The van der Waals surface area contributed by atoms with Crippen molar-refractivity contribution in [3.63, 3.8) is 0 Å². The van der Waals surface area contributed by atoms with E-state index in [4.69, 9.17) is 4.98 Å². The summed E-state index contributed by atoms with van der Waals surface area (Å²) >= 11 is 0. The minimum atomic E-state index is -0.229. The van der Waals surface area contributed by atoms with E-state index in [-0.39, 0.29) is 23.0 Å². The highest BCUT2D eigenvalue weighted by Gasteiger charge is 2.30. The molecule has 0 bridgehead atoms. The molecule has 112 valence electrons. The van der Waals surface area contributed by atoms with Crippen molar-refractivity contribution >= 4 is 5.82 Å². The third-order valence-electron chi connectivity index (χ3n) is 4.03. The fraction of sp³-hybridized carbons (Fsp3) is 0.706. The van der Waals surface area contributed by atoms with Gasteiger partial charge in [-0.15, -0.1) is 0 Å². The molecule has 2 N–H and O–H groups in total. The van der Waals surface area contributed by atoms with E-state index in [9.17, 15) is 5.11 Å². The summed E-state index contributed by atoms with van der Waals surface area (Å²) in [5.74, 6) is 0.895. The first-order chi connectivity index (χ1) is 9.07. The van der Waals surface area contributed by atoms with Gasteiger partial charge in [-0.1, -0.05) is 41.5 Å². The zero-order valence-corrected chi connectivity index (χ0v) is 13.6. The van der Waals surface area contributed by atoms with Gasteiger partial charge in [0, 0.05) is 11.1 Å². The lowest BCUT2D eigenvalue weighted by molar-refractivity contribution is 0.0784. The van der Waals surface area contributed by atoms with E-state index in [2.05, 4.69) is 59.0 Å². The van der Waals surface area contributed by atoms with E-state index < -0.39 is 0 Å². The average molecular weight is 276 g/mol. The second-order valence-corrected chi connectivity index (χ2v) is 8.02. The molecule has 1 aromatic rings. The van der Waals surface area contributed by atoms with Crippen molar-refractivity contribution in [1.82, 2.24) is 4.98 Å². The first-order valence-electron chi connectivity index (χ1n) is 7.55. The first-order valence-corrected chi connectivity index (χ1v) is 7.55. The molecule has 1 aromatic heterocycles. The summed E-state index contributed by atoms with van der Waals surface area (Å²) in [6.45, 7) is 13.2. The van der Waals surface area contributed by atoms with Crippen molar-refractivity contribution in [3.8, 4) is 0 Å². The average Bonchev–Trinajstić information content (AvgIpc) is 2.31. The van der Waals surface area contributed by atoms with Crippen LogP contribution in [0.15, 0.2) is 12.1 Å². The summed E-state index contributed by atoms with van der Waals surface area (Å²) in [5, 5.41) is 13.1. The molecule has 1 aliphatic rings. The van der Waals surface area contributed by atoms with Crippen LogP contribution in [-0.2, 0) is 10.8 Å². The molecule has 0 saturated heterocycles. The topological polar surface area (TPSA) is 45.1 Å². The van der Waals surface area contributed by atoms with Gasteiger partial charge < -0.3 is 10.4 Å². The molecule has 3 nitrogen and oxygen atoms in total. The number of aromatic nitrogens is 1. The quantitative estimate of drug-likeness (QED) is 0.867. The number of anilines is 1. The number of pyridine rings is 1. The van der Waals surface area contributed by atoms with E-state index >= 15 is 0 Å². The highest BCUT2D eigenvalue weighted by molar-refractivity contribution is 5.44. The van der Waals surface area contributed by atoms with Gasteiger partial charge in [0.05, 0.1) is 12.1 Å². The molecule has 0 aliphatic heterocycles. The maximum absolute atomic E-state index is 9.74. The maximum atomic E-state index is 9.74. The molecule has 3 heteroatoms. The Balaban J connectivity index is 2.35. The number of nitrogens with zero attached hydrogens (tertiary/aromatic N) is 1. The highest BCUT2D eigenvalue weighted by atomic mass is 16.3. The Bertz CT molecular complexity index is 450. The third-order valence-corrected chi connectivity index (χ3v) is 4.03. The van der Waals surface area contributed by atoms with E-state index in [1.165, 1.54) is 5.56 Å². The Kier molecular flexibility index (Phi) is 3.85. The Morgan fingerprint density at radius 1 is 1.05 bits per heavy atom. The van der Waals surface area contributed by atoms with Crippen LogP contribution in [0, 0.1) is 0 Å². The first kappa shape index (κ1) is 15.3. The number of nitrogens with one attached hydrogen (secondary N) is 1. The highest BCUT2D eigenvalue weighted by Crippen LogP contribution is 2.31. The molecule has 2 atom stereocenters. The summed E-state index contributed by atoms with van der Waals surface area (Å²) in [7, 11) is 0. The van der Waals surface area contributed by atoms with Crippen molar-refractivity contribution in [3.05, 3.63) is 23.4 Å². The second-order valence-electron chi connectivity index (χ2n) is 8.02. The molecule has 1 saturated carbocycles. The van der Waals surface area contributed by atoms with E-state index in [0.717, 1.165) is 24.4 Å². The SMILES string of the molecule is CC(C)(C)c1cc(NC2CCC2O)nc(C(C)(C)C)c1. The normalized spacial score (nSPS) is 23.4. The Morgan fingerprint density at radius 2 is 1.70 bits per heavy atom. The van der Waals surface area contributed by atoms with Crippen LogP contribution in [0.5, 0.6) is 0 Å². The van der Waals surface area contributed by atoms with Gasteiger partial charge in [0.1, 0.15) is 5.82 Å². The van der Waals surface area contributed by atoms with Gasteiger partial charge in [-0.25, -0.2) is 4.98 Å². The molecular weight excluding hydrogens is 248 g/mol. The maximum Gasteiger partial charge on any atom is 0.126 e. The Labute approximate surface area is 122 Å². The summed E-state index contributed by atoms with van der Waals surface area (Å²) in [6, 6.07) is 4.49. The summed E-state index contributed by atoms with van der Waals surface area (Å²) in [5.41, 5.74) is 2.50. The number of hydrogen-bond donors (Lipinski definition) is 2. The number of rotatable bonds is 2. The second kappa shape index (κ2) is 5.03. The van der Waals surface area contributed by atoms with Crippen molar-refractivity contribution < 1.29 is 5.11 Å². The lowest BCUT2D eigenvalue weighted by Crippen LogP contribution is -2.43. The minimum absolute atomic E-state index is 0.0237. The molecular formula is C17H28N2O. The van der Waals surface area contributed by atoms with Crippen molar-refractivity contribution in [2.24, 2.45) is 0 Å². The Hall–Kier alpha value is -1.09. The molecule has 1 heterocycles. The van der Waals surface area contributed by atoms with E-state index in [1.807, 2.05) is 0 Å². The van der Waals surface area contributed by atoms with Crippen LogP contribution >= 0.6 is 0 Å². The number of aliphatic hydroxyl groups is 1. The molecule has 2 unspecified atom stereocenters. The molecule has 1 fully saturated rings. The molecule has 2 rings (SSSR count). The molecule has 0 radical (unpaired) electrons. The standard InChI is InChI=1S/C17H28N2O/c1-16(2,3)11-9-14(17(4,5)6)19-15(10-11)18-12-7-8-13(12)20/h9-10,12-13,20H,7-8H2,1-6H3,(H,18,19). The molecule has 0 amide bonds. The summed E-state index contributed by atoms with van der Waals surface area (Å²) < 4.78 is 0. The van der Waals surface area contributed by atoms with Crippen molar-refractivity contribution in [1.29, 1.82) is 0 Å². The van der Waals surface area contributed by atoms with Crippen molar-refractivity contribution in [2.75, 3.05) is 5.32 Å². The molecule has 0 aromatic carbocycles. The predicted octanol–water partition coefficient (Wildman–Crippen LogP) is 3.61. The van der Waals surface area contributed by atoms with Gasteiger partial charge in [-0.3, -0.25) is 0 Å². The third kappa shape index (κ3) is 3.32. The Morgan fingerprint density at radius 3 is 2.10 bits per heavy atom. The van der Waals surface area contributed by atoms with Gasteiger partial charge in [0.25, 0.3) is 0 Å². The lowest BCUT2D eigenvalue weighted by atomic mass is 9.83. The predicted molar refractivity (Wildman–Crippen MR) is 84.3 cm³/mol. The van der Waals surface area contributed by atoms with Gasteiger partial charge in [-0.05, 0) is 36.0 Å². The van der Waals surface area contributed by atoms with Crippen LogP contribution < -0.4 is 5.32 Å². The van der Waals surface area contributed by atoms with Gasteiger partial charge in [-0.2, -0.15) is 0 Å². The molecule has 0 spiro atoms. The molecule has 20 heavy (non-hydrogen) atoms. The minimum Gasteiger partial charge on any atom is -0.391 e. The fourth-order valence-corrected chi connectivity index (χ4v) is 2.26. The van der Waals surface area contributed by atoms with Crippen molar-refractivity contribution in [2.45, 2.75) is 77.4 Å². The number of aliphatic hydroxyl groups excluding tert-OH is 1. The summed E-state index contributed by atoms with van der Waals surface area (Å²) in [6.07, 6.45) is 1.68. The van der Waals surface area contributed by atoms with Crippen LogP contribution in [0.25, 0.3) is 0 Å². The summed E-state index contributed by atoms with van der Waals surface area (Å²) in [4.78, 5) is 4.75. The van der Waals surface area contributed by atoms with Crippen LogP contribution in [-0.4, -0.2) is 22.2 Å². The number of hydrogen-bond acceptors (Lipinski definition) is 3. The van der Waals surface area contributed by atoms with Crippen LogP contribution in [0.1, 0.15) is 65.6 Å². The van der Waals surface area contributed by atoms with Gasteiger partial charge in [0.2, 0.25) is 0 Å². The largest absolute Gasteiger partial charge is 0.391 e. The van der Waals surface area contributed by atoms with Crippen LogP contribution in [0.3, 0.4) is 0 Å².